The zero-order valence-corrected chi connectivity index (χ0v) is 18.9. The number of aromatic nitrogens is 2. The number of amides is 2. The smallest absolute Gasteiger partial charge is 0.251 e. The van der Waals surface area contributed by atoms with E-state index in [1.165, 1.54) is 5.56 Å². The fraction of sp³-hybridized carbons (Fsp3) is 0.222. The van der Waals surface area contributed by atoms with Crippen LogP contribution in [0.1, 0.15) is 40.3 Å². The van der Waals surface area contributed by atoms with Gasteiger partial charge in [-0.15, -0.1) is 0 Å². The normalized spacial score (nSPS) is 11.8. The minimum Gasteiger partial charge on any atom is -0.354 e. The molecule has 1 heterocycles. The predicted octanol–water partition coefficient (Wildman–Crippen LogP) is 4.19. The average molecular weight is 441 g/mol. The lowest BCUT2D eigenvalue weighted by atomic mass is 10.1. The van der Waals surface area contributed by atoms with Crippen molar-refractivity contribution in [3.63, 3.8) is 0 Å². The molecule has 0 aliphatic carbocycles. The molecule has 0 fully saturated rings. The van der Waals surface area contributed by atoms with E-state index in [4.69, 9.17) is 4.98 Å². The Balaban J connectivity index is 1.48. The third-order valence-corrected chi connectivity index (χ3v) is 5.61. The highest BCUT2D eigenvalue weighted by Gasteiger charge is 2.20. The van der Waals surface area contributed by atoms with Crippen molar-refractivity contribution in [2.45, 2.75) is 32.9 Å². The number of carbonyl (C=O) groups is 2. The first-order valence-corrected chi connectivity index (χ1v) is 11.1. The number of nitrogens with one attached hydrogen (secondary N) is 2. The fourth-order valence-corrected chi connectivity index (χ4v) is 3.83. The molecule has 168 valence electrons. The second-order valence-electron chi connectivity index (χ2n) is 8.19. The highest BCUT2D eigenvalue weighted by molar-refractivity contribution is 5.94. The lowest BCUT2D eigenvalue weighted by molar-refractivity contribution is -0.121. The Bertz CT molecular complexity index is 1250. The van der Waals surface area contributed by atoms with E-state index >= 15 is 0 Å². The molecule has 0 unspecified atom stereocenters. The number of imidazole rings is 1. The summed E-state index contributed by atoms with van der Waals surface area (Å²) in [4.78, 5) is 30.2. The summed E-state index contributed by atoms with van der Waals surface area (Å²) in [5.41, 5.74) is 4.52. The first-order chi connectivity index (χ1) is 16.0. The molecule has 6 heteroatoms. The quantitative estimate of drug-likeness (QED) is 0.431. The molecule has 2 N–H and O–H groups in total. The lowest BCUT2D eigenvalue weighted by Gasteiger charge is -2.16. The number of rotatable bonds is 8. The van der Waals surface area contributed by atoms with Gasteiger partial charge in [0.2, 0.25) is 5.91 Å². The first kappa shape index (κ1) is 22.3. The van der Waals surface area contributed by atoms with Gasteiger partial charge in [0.15, 0.2) is 0 Å². The Morgan fingerprint density at radius 3 is 2.39 bits per heavy atom. The summed E-state index contributed by atoms with van der Waals surface area (Å²) in [7, 11) is 0. The third kappa shape index (κ3) is 5.47. The van der Waals surface area contributed by atoms with Gasteiger partial charge < -0.3 is 15.2 Å². The van der Waals surface area contributed by atoms with Crippen LogP contribution in [0.3, 0.4) is 0 Å². The van der Waals surface area contributed by atoms with Gasteiger partial charge in [0.05, 0.1) is 17.1 Å². The van der Waals surface area contributed by atoms with Crippen LogP contribution in [0.25, 0.3) is 11.0 Å². The van der Waals surface area contributed by atoms with Crippen molar-refractivity contribution >= 4 is 22.8 Å². The van der Waals surface area contributed by atoms with E-state index in [1.807, 2.05) is 85.1 Å². The van der Waals surface area contributed by atoms with Crippen LogP contribution in [0.2, 0.25) is 0 Å². The molecule has 4 rings (SSSR count). The van der Waals surface area contributed by atoms with Crippen LogP contribution < -0.4 is 10.6 Å². The van der Waals surface area contributed by atoms with Crippen molar-refractivity contribution < 1.29 is 9.59 Å². The maximum Gasteiger partial charge on any atom is 0.251 e. The predicted molar refractivity (Wildman–Crippen MR) is 130 cm³/mol. The molecule has 6 nitrogen and oxygen atoms in total. The van der Waals surface area contributed by atoms with Gasteiger partial charge >= 0.3 is 0 Å². The molecule has 1 atom stereocenters. The molecule has 33 heavy (non-hydrogen) atoms. The molecule has 3 aromatic carbocycles. The van der Waals surface area contributed by atoms with Crippen LogP contribution >= 0.6 is 0 Å². The highest BCUT2D eigenvalue weighted by atomic mass is 16.2. The Morgan fingerprint density at radius 2 is 1.64 bits per heavy atom. The Kier molecular flexibility index (Phi) is 6.83. The number of para-hydroxylation sites is 2. The second kappa shape index (κ2) is 10.1. The van der Waals surface area contributed by atoms with E-state index in [2.05, 4.69) is 10.6 Å². The van der Waals surface area contributed by atoms with Crippen molar-refractivity contribution in [2.75, 3.05) is 6.54 Å². The van der Waals surface area contributed by atoms with Gasteiger partial charge in [-0.2, -0.15) is 0 Å². The standard InChI is InChI=1S/C27H28N4O2/c1-19-12-14-22(15-13-19)27(33)29-20(2)26-30-23-10-6-7-11-24(23)31(26)18-25(32)28-17-16-21-8-4-3-5-9-21/h3-15,20H,16-18H2,1-2H3,(H,28,32)(H,29,33)/t20-/m1/s1. The van der Waals surface area contributed by atoms with Crippen LogP contribution in [0, 0.1) is 6.92 Å². The van der Waals surface area contributed by atoms with Crippen molar-refractivity contribution in [1.29, 1.82) is 0 Å². The SMILES string of the molecule is Cc1ccc(C(=O)N[C@H](C)c2nc3ccccc3n2CC(=O)NCCc2ccccc2)cc1. The number of fused-ring (bicyclic) bond motifs is 1. The number of aryl methyl sites for hydroxylation is 1. The van der Waals surface area contributed by atoms with Gasteiger partial charge in [-0.1, -0.05) is 60.2 Å². The summed E-state index contributed by atoms with van der Waals surface area (Å²) in [5, 5.41) is 6.01. The lowest BCUT2D eigenvalue weighted by Crippen LogP contribution is -2.32. The number of hydrogen-bond donors (Lipinski definition) is 2. The largest absolute Gasteiger partial charge is 0.354 e. The average Bonchev–Trinajstić information content (AvgIpc) is 3.18. The number of hydrogen-bond acceptors (Lipinski definition) is 3. The summed E-state index contributed by atoms with van der Waals surface area (Å²) >= 11 is 0. The van der Waals surface area contributed by atoms with Crippen LogP contribution in [0.4, 0.5) is 0 Å². The van der Waals surface area contributed by atoms with E-state index in [-0.39, 0.29) is 24.4 Å². The van der Waals surface area contributed by atoms with E-state index in [0.717, 1.165) is 23.0 Å². The minimum absolute atomic E-state index is 0.0904. The minimum atomic E-state index is -0.372. The van der Waals surface area contributed by atoms with Gasteiger partial charge in [-0.05, 0) is 50.1 Å². The van der Waals surface area contributed by atoms with Crippen molar-refractivity contribution in [3.8, 4) is 0 Å². The Labute approximate surface area is 193 Å². The summed E-state index contributed by atoms with van der Waals surface area (Å²) in [6.07, 6.45) is 0.771. The van der Waals surface area contributed by atoms with Crippen LogP contribution in [-0.4, -0.2) is 27.9 Å². The molecule has 0 spiro atoms. The summed E-state index contributed by atoms with van der Waals surface area (Å²) in [5.74, 6) is 0.385. The molecule has 1 aromatic heterocycles. The van der Waals surface area contributed by atoms with Crippen molar-refractivity contribution in [1.82, 2.24) is 20.2 Å². The molecule has 0 radical (unpaired) electrons. The first-order valence-electron chi connectivity index (χ1n) is 11.1. The molecule has 0 aliphatic heterocycles. The fourth-order valence-electron chi connectivity index (χ4n) is 3.83. The van der Waals surface area contributed by atoms with Crippen LogP contribution in [-0.2, 0) is 17.8 Å². The van der Waals surface area contributed by atoms with Crippen molar-refractivity contribution in [3.05, 3.63) is 101 Å². The summed E-state index contributed by atoms with van der Waals surface area (Å²) < 4.78 is 1.88. The molecule has 0 saturated carbocycles. The van der Waals surface area contributed by atoms with Gasteiger partial charge in [0.25, 0.3) is 5.91 Å². The zero-order chi connectivity index (χ0) is 23.2. The van der Waals surface area contributed by atoms with E-state index in [9.17, 15) is 9.59 Å². The molecule has 0 aliphatic rings. The zero-order valence-electron chi connectivity index (χ0n) is 18.9. The molecule has 0 saturated heterocycles. The molecule has 0 bridgehead atoms. The van der Waals surface area contributed by atoms with E-state index < -0.39 is 0 Å². The number of benzene rings is 3. The van der Waals surface area contributed by atoms with Gasteiger partial charge in [-0.25, -0.2) is 4.98 Å². The van der Waals surface area contributed by atoms with Crippen LogP contribution in [0.5, 0.6) is 0 Å². The number of carbonyl (C=O) groups excluding carboxylic acids is 2. The van der Waals surface area contributed by atoms with E-state index in [1.54, 1.807) is 12.1 Å². The molecule has 4 aromatic rings. The molecular formula is C27H28N4O2. The third-order valence-electron chi connectivity index (χ3n) is 5.61. The van der Waals surface area contributed by atoms with E-state index in [0.29, 0.717) is 17.9 Å². The topological polar surface area (TPSA) is 76.0 Å². The van der Waals surface area contributed by atoms with Crippen LogP contribution in [0.15, 0.2) is 78.9 Å². The summed E-state index contributed by atoms with van der Waals surface area (Å²) in [6, 6.07) is 24.8. The maximum absolute atomic E-state index is 12.7. The monoisotopic (exact) mass is 440 g/mol. The summed E-state index contributed by atoms with van der Waals surface area (Å²) in [6.45, 7) is 4.56. The number of nitrogens with zero attached hydrogens (tertiary/aromatic N) is 2. The highest BCUT2D eigenvalue weighted by Crippen LogP contribution is 2.21. The van der Waals surface area contributed by atoms with Crippen molar-refractivity contribution in [2.24, 2.45) is 0 Å². The molecular weight excluding hydrogens is 412 g/mol. The second-order valence-corrected chi connectivity index (χ2v) is 8.19. The Hall–Kier alpha value is -3.93. The Morgan fingerprint density at radius 1 is 0.939 bits per heavy atom. The molecule has 2 amide bonds. The van der Waals surface area contributed by atoms with Gasteiger partial charge in [-0.3, -0.25) is 9.59 Å². The maximum atomic E-state index is 12.7. The van der Waals surface area contributed by atoms with Gasteiger partial charge in [0, 0.05) is 12.1 Å². The van der Waals surface area contributed by atoms with Gasteiger partial charge in [0.1, 0.15) is 12.4 Å².